The van der Waals surface area contributed by atoms with Crippen LogP contribution in [0.3, 0.4) is 0 Å². The van der Waals surface area contributed by atoms with Gasteiger partial charge < -0.3 is 10.2 Å². The van der Waals surface area contributed by atoms with Gasteiger partial charge in [0.05, 0.1) is 5.33 Å². The lowest BCUT2D eigenvalue weighted by Gasteiger charge is -2.30. The summed E-state index contributed by atoms with van der Waals surface area (Å²) in [7, 11) is 0. The number of carbonyl (C=O) groups excluding carboxylic acids is 2. The van der Waals surface area contributed by atoms with Crippen LogP contribution < -0.4 is 5.32 Å². The summed E-state index contributed by atoms with van der Waals surface area (Å²) < 4.78 is 0. The minimum Gasteiger partial charge on any atom is -0.357 e. The highest BCUT2D eigenvalue weighted by molar-refractivity contribution is 9.09. The number of carbonyl (C=O) groups is 2. The van der Waals surface area contributed by atoms with Gasteiger partial charge in [-0.2, -0.15) is 0 Å². The van der Waals surface area contributed by atoms with Crippen molar-refractivity contribution < 1.29 is 9.59 Å². The van der Waals surface area contributed by atoms with Crippen LogP contribution in [0.4, 0.5) is 0 Å². The van der Waals surface area contributed by atoms with Gasteiger partial charge in [0.1, 0.15) is 0 Å². The second-order valence-corrected chi connectivity index (χ2v) is 5.88. The van der Waals surface area contributed by atoms with Gasteiger partial charge in [-0.15, -0.1) is 0 Å². The zero-order valence-electron chi connectivity index (χ0n) is 10.6. The van der Waals surface area contributed by atoms with Crippen molar-refractivity contribution in [3.63, 3.8) is 0 Å². The average molecular weight is 317 g/mol. The van der Waals surface area contributed by atoms with E-state index in [2.05, 4.69) is 21.2 Å². The van der Waals surface area contributed by atoms with Crippen LogP contribution in [0.25, 0.3) is 0 Å². The first-order valence-corrected chi connectivity index (χ1v) is 7.94. The van der Waals surface area contributed by atoms with Crippen molar-refractivity contribution >= 4 is 28.2 Å². The number of alkyl halides is 1. The first kappa shape index (κ1) is 13.8. The van der Waals surface area contributed by atoms with Crippen LogP contribution in [0, 0.1) is 5.92 Å². The van der Waals surface area contributed by atoms with Gasteiger partial charge in [0, 0.05) is 18.6 Å². The predicted molar refractivity (Wildman–Crippen MR) is 73.5 cm³/mol. The summed E-state index contributed by atoms with van der Waals surface area (Å²) in [6.45, 7) is 0.592. The summed E-state index contributed by atoms with van der Waals surface area (Å²) in [4.78, 5) is 24.6. The van der Waals surface area contributed by atoms with E-state index < -0.39 is 0 Å². The largest absolute Gasteiger partial charge is 0.357 e. The summed E-state index contributed by atoms with van der Waals surface area (Å²) in [5.41, 5.74) is 0. The van der Waals surface area contributed by atoms with Gasteiger partial charge in [-0.3, -0.25) is 9.59 Å². The molecule has 1 aliphatic carbocycles. The van der Waals surface area contributed by atoms with Gasteiger partial charge in [-0.05, 0) is 25.2 Å². The van der Waals surface area contributed by atoms with Gasteiger partial charge in [-0.25, -0.2) is 0 Å². The topological polar surface area (TPSA) is 49.4 Å². The third kappa shape index (κ3) is 2.87. The van der Waals surface area contributed by atoms with E-state index in [4.69, 9.17) is 0 Å². The fourth-order valence-corrected chi connectivity index (χ4v) is 3.85. The maximum atomic E-state index is 12.1. The average Bonchev–Trinajstić information content (AvgIpc) is 2.57. The van der Waals surface area contributed by atoms with Crippen LogP contribution in [-0.2, 0) is 9.59 Å². The molecule has 1 saturated carbocycles. The molecular weight excluding hydrogens is 296 g/mol. The molecule has 2 rings (SSSR count). The molecular formula is C13H21BrN2O2. The molecule has 102 valence electrons. The molecule has 0 unspecified atom stereocenters. The maximum absolute atomic E-state index is 12.1. The molecule has 0 aromatic carbocycles. The Labute approximate surface area is 117 Å². The fourth-order valence-electron chi connectivity index (χ4n) is 3.56. The molecule has 1 N–H and O–H groups in total. The zero-order chi connectivity index (χ0) is 13.0. The molecule has 0 aromatic heterocycles. The van der Waals surface area contributed by atoms with Gasteiger partial charge >= 0.3 is 0 Å². The Hall–Kier alpha value is -0.580. The molecule has 1 heterocycles. The smallest absolute Gasteiger partial charge is 0.233 e. The fraction of sp³-hybridized carbons (Fsp3) is 0.846. The monoisotopic (exact) mass is 316 g/mol. The Balaban J connectivity index is 2.10. The number of amides is 2. The van der Waals surface area contributed by atoms with E-state index in [9.17, 15) is 9.59 Å². The predicted octanol–water partition coefficient (Wildman–Crippen LogP) is 1.68. The van der Waals surface area contributed by atoms with Gasteiger partial charge in [-0.1, -0.05) is 35.2 Å². The minimum atomic E-state index is 0.169. The molecule has 0 spiro atoms. The van der Waals surface area contributed by atoms with E-state index in [1.807, 2.05) is 4.90 Å². The lowest BCUT2D eigenvalue weighted by Crippen LogP contribution is -2.46. The number of hydrogen-bond acceptors (Lipinski definition) is 2. The van der Waals surface area contributed by atoms with E-state index in [1.165, 1.54) is 25.7 Å². The molecule has 2 fully saturated rings. The van der Waals surface area contributed by atoms with E-state index in [1.54, 1.807) is 0 Å². The standard InChI is InChI=1S/C13H21BrN2O2/c14-7-13(18)16-11(8-15-9-17)6-10-4-2-1-3-5-12(10)16/h9-12H,1-8H2,(H,15,17)/t10-,11+,12+/m0/s1. The van der Waals surface area contributed by atoms with Crippen molar-refractivity contribution in [1.82, 2.24) is 10.2 Å². The van der Waals surface area contributed by atoms with Gasteiger partial charge in [0.15, 0.2) is 0 Å². The van der Waals surface area contributed by atoms with E-state index in [0.29, 0.717) is 23.8 Å². The van der Waals surface area contributed by atoms with Crippen molar-refractivity contribution in [1.29, 1.82) is 0 Å². The summed E-state index contributed by atoms with van der Waals surface area (Å²) in [5, 5.41) is 3.12. The third-order valence-electron chi connectivity index (χ3n) is 4.28. The Morgan fingerprint density at radius 3 is 2.83 bits per heavy atom. The number of hydrogen-bond donors (Lipinski definition) is 1. The SMILES string of the molecule is O=CNC[C@H]1C[C@@H]2CCCCC[C@H]2N1C(=O)CBr. The van der Waals surface area contributed by atoms with Crippen LogP contribution >= 0.6 is 15.9 Å². The quantitative estimate of drug-likeness (QED) is 0.633. The van der Waals surface area contributed by atoms with Crippen LogP contribution in [0.1, 0.15) is 38.5 Å². The normalized spacial score (nSPS) is 31.6. The second-order valence-electron chi connectivity index (χ2n) is 5.32. The molecule has 1 saturated heterocycles. The first-order valence-electron chi connectivity index (χ1n) is 6.82. The van der Waals surface area contributed by atoms with Crippen molar-refractivity contribution in [2.45, 2.75) is 50.6 Å². The molecule has 5 heteroatoms. The van der Waals surface area contributed by atoms with E-state index >= 15 is 0 Å². The molecule has 2 amide bonds. The van der Waals surface area contributed by atoms with Crippen molar-refractivity contribution in [3.05, 3.63) is 0 Å². The summed E-state index contributed by atoms with van der Waals surface area (Å²) in [6.07, 6.45) is 7.93. The summed E-state index contributed by atoms with van der Waals surface area (Å²) in [5.74, 6) is 0.802. The van der Waals surface area contributed by atoms with Gasteiger partial charge in [0.25, 0.3) is 0 Å². The van der Waals surface area contributed by atoms with Crippen molar-refractivity contribution in [2.24, 2.45) is 5.92 Å². The number of nitrogens with one attached hydrogen (secondary N) is 1. The first-order chi connectivity index (χ1) is 8.77. The van der Waals surface area contributed by atoms with E-state index in [0.717, 1.165) is 19.3 Å². The summed E-state index contributed by atoms with van der Waals surface area (Å²) in [6, 6.07) is 0.587. The zero-order valence-corrected chi connectivity index (χ0v) is 12.2. The maximum Gasteiger partial charge on any atom is 0.233 e. The highest BCUT2D eigenvalue weighted by Gasteiger charge is 2.42. The van der Waals surface area contributed by atoms with Crippen LogP contribution in [0.15, 0.2) is 0 Å². The van der Waals surface area contributed by atoms with Crippen molar-refractivity contribution in [2.75, 3.05) is 11.9 Å². The van der Waals surface area contributed by atoms with Crippen LogP contribution in [-0.4, -0.2) is 41.2 Å². The lowest BCUT2D eigenvalue weighted by molar-refractivity contribution is -0.131. The third-order valence-corrected chi connectivity index (χ3v) is 4.76. The molecule has 3 atom stereocenters. The molecule has 0 radical (unpaired) electrons. The molecule has 2 aliphatic rings. The minimum absolute atomic E-state index is 0.169. The lowest BCUT2D eigenvalue weighted by atomic mass is 9.94. The number of halogens is 1. The van der Waals surface area contributed by atoms with E-state index in [-0.39, 0.29) is 11.9 Å². The Kier molecular flexibility index (Phi) is 5.03. The molecule has 4 nitrogen and oxygen atoms in total. The molecule has 0 bridgehead atoms. The second kappa shape index (κ2) is 6.55. The number of fused-ring (bicyclic) bond motifs is 1. The Bertz CT molecular complexity index is 311. The molecule has 18 heavy (non-hydrogen) atoms. The van der Waals surface area contributed by atoms with Crippen LogP contribution in [0.5, 0.6) is 0 Å². The number of rotatable bonds is 4. The Morgan fingerprint density at radius 1 is 1.33 bits per heavy atom. The highest BCUT2D eigenvalue weighted by Crippen LogP contribution is 2.38. The highest BCUT2D eigenvalue weighted by atomic mass is 79.9. The van der Waals surface area contributed by atoms with Crippen molar-refractivity contribution in [3.8, 4) is 0 Å². The molecule has 1 aliphatic heterocycles. The Morgan fingerprint density at radius 2 is 2.11 bits per heavy atom. The summed E-state index contributed by atoms with van der Waals surface area (Å²) >= 11 is 3.28. The van der Waals surface area contributed by atoms with Crippen LogP contribution in [0.2, 0.25) is 0 Å². The number of likely N-dealkylation sites (tertiary alicyclic amines) is 1. The van der Waals surface area contributed by atoms with Gasteiger partial charge in [0.2, 0.25) is 12.3 Å². The number of nitrogens with zero attached hydrogens (tertiary/aromatic N) is 1. The molecule has 0 aromatic rings.